The predicted molar refractivity (Wildman–Crippen MR) is 107 cm³/mol. The molecule has 10 heteroatoms. The lowest BCUT2D eigenvalue weighted by atomic mass is 10.1. The fourth-order valence-electron chi connectivity index (χ4n) is 2.86. The Bertz CT molecular complexity index is 1080. The lowest BCUT2D eigenvalue weighted by molar-refractivity contribution is -0.122. The van der Waals surface area contributed by atoms with E-state index in [-0.39, 0.29) is 23.1 Å². The van der Waals surface area contributed by atoms with Crippen LogP contribution in [0.15, 0.2) is 35.4 Å². The van der Waals surface area contributed by atoms with E-state index in [0.29, 0.717) is 17.1 Å². The van der Waals surface area contributed by atoms with Gasteiger partial charge >= 0.3 is 0 Å². The van der Waals surface area contributed by atoms with Gasteiger partial charge in [0.25, 0.3) is 5.91 Å². The maximum atomic E-state index is 13.0. The van der Waals surface area contributed by atoms with Crippen molar-refractivity contribution in [2.45, 2.75) is 31.8 Å². The Hall–Kier alpha value is -2.98. The van der Waals surface area contributed by atoms with E-state index in [9.17, 15) is 18.0 Å². The fourth-order valence-corrected chi connectivity index (χ4v) is 4.21. The van der Waals surface area contributed by atoms with Crippen molar-refractivity contribution in [1.29, 1.82) is 0 Å². The molecule has 1 atom stereocenters. The molecule has 0 saturated heterocycles. The molecule has 1 unspecified atom stereocenters. The van der Waals surface area contributed by atoms with Crippen LogP contribution in [0.4, 0.5) is 11.5 Å². The average Bonchev–Trinajstić information content (AvgIpc) is 2.62. The molecule has 0 saturated carbocycles. The highest BCUT2D eigenvalue weighted by atomic mass is 32.2. The van der Waals surface area contributed by atoms with Crippen LogP contribution in [-0.4, -0.2) is 49.2 Å². The molecule has 2 aromatic rings. The van der Waals surface area contributed by atoms with Gasteiger partial charge in [-0.2, -0.15) is 4.31 Å². The maximum Gasteiger partial charge on any atom is 0.265 e. The summed E-state index contributed by atoms with van der Waals surface area (Å²) in [6.45, 7) is 4.66. The normalized spacial score (nSPS) is 16.0. The summed E-state index contributed by atoms with van der Waals surface area (Å²) in [6, 6.07) is 6.38. The van der Waals surface area contributed by atoms with Gasteiger partial charge in [-0.25, -0.2) is 13.4 Å². The number of pyridine rings is 1. The van der Waals surface area contributed by atoms with Gasteiger partial charge in [-0.05, 0) is 50.1 Å². The number of likely N-dealkylation sites (N-methyl/N-ethyl adjacent to an activating group) is 1. The van der Waals surface area contributed by atoms with Gasteiger partial charge in [0, 0.05) is 19.3 Å². The molecule has 0 bridgehead atoms. The second kappa shape index (κ2) is 7.80. The lowest BCUT2D eigenvalue weighted by Gasteiger charge is -2.25. The van der Waals surface area contributed by atoms with Gasteiger partial charge in [0.1, 0.15) is 11.6 Å². The third kappa shape index (κ3) is 4.38. The van der Waals surface area contributed by atoms with E-state index in [1.165, 1.54) is 19.2 Å². The zero-order chi connectivity index (χ0) is 21.3. The van der Waals surface area contributed by atoms with E-state index in [2.05, 4.69) is 15.6 Å². The summed E-state index contributed by atoms with van der Waals surface area (Å²) in [5.41, 5.74) is 1.76. The summed E-state index contributed by atoms with van der Waals surface area (Å²) in [5.74, 6) is -0.194. The smallest absolute Gasteiger partial charge is 0.265 e. The van der Waals surface area contributed by atoms with Crippen LogP contribution in [0, 0.1) is 13.8 Å². The van der Waals surface area contributed by atoms with Crippen molar-refractivity contribution < 1.29 is 22.7 Å². The Morgan fingerprint density at radius 1 is 1.31 bits per heavy atom. The summed E-state index contributed by atoms with van der Waals surface area (Å²) in [5, 5.41) is 5.26. The SMILES string of the molecule is Cc1ccnc(NC(=O)CN(C)S(=O)(=O)c2cc3c(cc2C)NC(=O)C(C)O3)c1. The molecule has 2 N–H and O–H groups in total. The average molecular weight is 418 g/mol. The van der Waals surface area contributed by atoms with E-state index in [1.807, 2.05) is 6.92 Å². The van der Waals surface area contributed by atoms with Crippen LogP contribution < -0.4 is 15.4 Å². The van der Waals surface area contributed by atoms with E-state index in [4.69, 9.17) is 4.74 Å². The summed E-state index contributed by atoms with van der Waals surface area (Å²) >= 11 is 0. The zero-order valence-corrected chi connectivity index (χ0v) is 17.3. The molecule has 9 nitrogen and oxygen atoms in total. The van der Waals surface area contributed by atoms with Gasteiger partial charge in [-0.1, -0.05) is 0 Å². The first-order valence-electron chi connectivity index (χ1n) is 8.89. The molecule has 3 rings (SSSR count). The van der Waals surface area contributed by atoms with Crippen molar-refractivity contribution in [2.75, 3.05) is 24.2 Å². The van der Waals surface area contributed by atoms with E-state index >= 15 is 0 Å². The van der Waals surface area contributed by atoms with Crippen molar-refractivity contribution in [3.05, 3.63) is 41.6 Å². The van der Waals surface area contributed by atoms with Crippen molar-refractivity contribution in [3.8, 4) is 5.75 Å². The number of rotatable bonds is 5. The van der Waals surface area contributed by atoms with Crippen molar-refractivity contribution in [1.82, 2.24) is 9.29 Å². The monoisotopic (exact) mass is 418 g/mol. The van der Waals surface area contributed by atoms with Crippen molar-refractivity contribution in [3.63, 3.8) is 0 Å². The molecule has 0 fully saturated rings. The van der Waals surface area contributed by atoms with E-state index < -0.39 is 22.0 Å². The first-order chi connectivity index (χ1) is 13.6. The summed E-state index contributed by atoms with van der Waals surface area (Å²) in [4.78, 5) is 28.1. The summed E-state index contributed by atoms with van der Waals surface area (Å²) in [7, 11) is -2.65. The van der Waals surface area contributed by atoms with Gasteiger partial charge in [0.15, 0.2) is 6.10 Å². The van der Waals surface area contributed by atoms with Gasteiger partial charge in [0.2, 0.25) is 15.9 Å². The minimum atomic E-state index is -3.97. The first-order valence-corrected chi connectivity index (χ1v) is 10.3. The minimum Gasteiger partial charge on any atom is -0.479 e. The number of amides is 2. The number of nitrogens with zero attached hydrogens (tertiary/aromatic N) is 2. The quantitative estimate of drug-likeness (QED) is 0.763. The minimum absolute atomic E-state index is 0.00331. The summed E-state index contributed by atoms with van der Waals surface area (Å²) < 4.78 is 32.5. The Kier molecular flexibility index (Phi) is 5.58. The predicted octanol–water partition coefficient (Wildman–Crippen LogP) is 1.68. The number of ether oxygens (including phenoxy) is 1. The largest absolute Gasteiger partial charge is 0.479 e. The Morgan fingerprint density at radius 3 is 2.72 bits per heavy atom. The number of carbonyl (C=O) groups excluding carboxylic acids is 2. The highest BCUT2D eigenvalue weighted by Crippen LogP contribution is 2.35. The molecule has 0 radical (unpaired) electrons. The molecule has 2 heterocycles. The molecular formula is C19H22N4O5S. The number of carbonyl (C=O) groups is 2. The molecule has 0 spiro atoms. The second-order valence-corrected chi connectivity index (χ2v) is 8.90. The van der Waals surface area contributed by atoms with Crippen LogP contribution in [-0.2, 0) is 19.6 Å². The molecule has 2 amide bonds. The standard InChI is InChI=1S/C19H22N4O5S/c1-11-5-6-20-17(7-11)22-18(24)10-23(4)29(26,27)16-9-15-14(8-12(16)2)21-19(25)13(3)28-15/h5-9,13H,10H2,1-4H3,(H,21,25)(H,20,22,24). The second-order valence-electron chi connectivity index (χ2n) is 6.89. The number of hydrogen-bond acceptors (Lipinski definition) is 6. The van der Waals surface area contributed by atoms with Crippen molar-refractivity contribution >= 4 is 33.3 Å². The highest BCUT2D eigenvalue weighted by molar-refractivity contribution is 7.89. The molecule has 29 heavy (non-hydrogen) atoms. The molecule has 0 aliphatic carbocycles. The van der Waals surface area contributed by atoms with Crippen LogP contribution >= 0.6 is 0 Å². The van der Waals surface area contributed by atoms with Crippen LogP contribution in [0.1, 0.15) is 18.1 Å². The number of aryl methyl sites for hydroxylation is 2. The van der Waals surface area contributed by atoms with Crippen molar-refractivity contribution in [2.24, 2.45) is 0 Å². The maximum absolute atomic E-state index is 13.0. The lowest BCUT2D eigenvalue weighted by Crippen LogP contribution is -2.36. The Labute approximate surface area is 169 Å². The third-order valence-corrected chi connectivity index (χ3v) is 6.39. The van der Waals surface area contributed by atoms with Crippen LogP contribution in [0.5, 0.6) is 5.75 Å². The van der Waals surface area contributed by atoms with Crippen LogP contribution in [0.25, 0.3) is 0 Å². The number of nitrogens with one attached hydrogen (secondary N) is 2. The molecule has 1 aromatic heterocycles. The Balaban J connectivity index is 1.80. The fraction of sp³-hybridized carbons (Fsp3) is 0.316. The van der Waals surface area contributed by atoms with E-state index in [0.717, 1.165) is 9.87 Å². The topological polar surface area (TPSA) is 118 Å². The number of aromatic nitrogens is 1. The van der Waals surface area contributed by atoms with Gasteiger partial charge < -0.3 is 15.4 Å². The first kappa shape index (κ1) is 20.7. The molecular weight excluding hydrogens is 396 g/mol. The highest BCUT2D eigenvalue weighted by Gasteiger charge is 2.30. The molecule has 1 aliphatic heterocycles. The van der Waals surface area contributed by atoms with Crippen LogP contribution in [0.3, 0.4) is 0 Å². The zero-order valence-electron chi connectivity index (χ0n) is 16.5. The number of benzene rings is 1. The number of fused-ring (bicyclic) bond motifs is 1. The third-order valence-electron chi connectivity index (χ3n) is 4.45. The summed E-state index contributed by atoms with van der Waals surface area (Å²) in [6.07, 6.45) is 0.827. The van der Waals surface area contributed by atoms with Crippen LogP contribution in [0.2, 0.25) is 0 Å². The van der Waals surface area contributed by atoms with Gasteiger partial charge in [-0.15, -0.1) is 0 Å². The van der Waals surface area contributed by atoms with Gasteiger partial charge in [0.05, 0.1) is 17.1 Å². The molecule has 1 aromatic carbocycles. The number of hydrogen-bond donors (Lipinski definition) is 2. The van der Waals surface area contributed by atoms with Gasteiger partial charge in [-0.3, -0.25) is 9.59 Å². The number of sulfonamides is 1. The molecule has 154 valence electrons. The Morgan fingerprint density at radius 2 is 2.03 bits per heavy atom. The number of anilines is 2. The van der Waals surface area contributed by atoms with E-state index in [1.54, 1.807) is 32.2 Å². The molecule has 1 aliphatic rings.